The van der Waals surface area contributed by atoms with Gasteiger partial charge in [-0.05, 0) is 36.2 Å². The second-order valence-corrected chi connectivity index (χ2v) is 7.92. The molecule has 0 radical (unpaired) electrons. The highest BCUT2D eigenvalue weighted by atomic mass is 32.2. The number of hydrogen-bond acceptors (Lipinski definition) is 6. The topological polar surface area (TPSA) is 109 Å². The molecule has 2 aromatic rings. The molecule has 0 unspecified atom stereocenters. The van der Waals surface area contributed by atoms with Crippen LogP contribution in [0.4, 0.5) is 0 Å². The average Bonchev–Trinajstić information content (AvgIpc) is 2.75. The summed E-state index contributed by atoms with van der Waals surface area (Å²) in [7, 11) is 0.737. The van der Waals surface area contributed by atoms with Crippen LogP contribution in [-0.4, -0.2) is 53.6 Å². The van der Waals surface area contributed by atoms with E-state index in [4.69, 9.17) is 14.7 Å². The Morgan fingerprint density at radius 2 is 1.83 bits per heavy atom. The van der Waals surface area contributed by atoms with Gasteiger partial charge in [0.1, 0.15) is 6.07 Å². The van der Waals surface area contributed by atoms with Crippen molar-refractivity contribution in [3.05, 3.63) is 53.6 Å². The first-order valence-corrected chi connectivity index (χ1v) is 10.2. The SMILES string of the molecule is COc1ccc(CCN(C)C(=O)CNS(=O)(=O)c2ccccc2C#N)cc1OC. The lowest BCUT2D eigenvalue weighted by Gasteiger charge is -2.18. The Bertz CT molecular complexity index is 1020. The van der Waals surface area contributed by atoms with E-state index >= 15 is 0 Å². The summed E-state index contributed by atoms with van der Waals surface area (Å²) in [5.41, 5.74) is 0.972. The van der Waals surface area contributed by atoms with Crippen LogP contribution in [0.3, 0.4) is 0 Å². The van der Waals surface area contributed by atoms with E-state index in [1.165, 1.54) is 23.1 Å². The molecule has 0 aromatic heterocycles. The fourth-order valence-corrected chi connectivity index (χ4v) is 3.75. The van der Waals surface area contributed by atoms with Crippen molar-refractivity contribution in [2.75, 3.05) is 34.4 Å². The smallest absolute Gasteiger partial charge is 0.242 e. The number of benzene rings is 2. The van der Waals surface area contributed by atoms with Gasteiger partial charge in [0.15, 0.2) is 11.5 Å². The Hall–Kier alpha value is -3.09. The van der Waals surface area contributed by atoms with Crippen LogP contribution in [0.5, 0.6) is 11.5 Å². The van der Waals surface area contributed by atoms with E-state index < -0.39 is 16.6 Å². The number of nitrogens with one attached hydrogen (secondary N) is 1. The lowest BCUT2D eigenvalue weighted by Crippen LogP contribution is -2.39. The quantitative estimate of drug-likeness (QED) is 0.663. The first kappa shape index (κ1) is 22.2. The predicted octanol–water partition coefficient (Wildman–Crippen LogP) is 1.55. The molecule has 0 fully saturated rings. The van der Waals surface area contributed by atoms with E-state index in [-0.39, 0.29) is 16.4 Å². The third-order valence-electron chi connectivity index (χ3n) is 4.32. The molecule has 0 heterocycles. The van der Waals surface area contributed by atoms with Crippen LogP contribution >= 0.6 is 0 Å². The predicted molar refractivity (Wildman–Crippen MR) is 107 cm³/mol. The molecule has 1 N–H and O–H groups in total. The minimum atomic E-state index is -3.97. The maximum Gasteiger partial charge on any atom is 0.242 e. The highest BCUT2D eigenvalue weighted by Crippen LogP contribution is 2.27. The van der Waals surface area contributed by atoms with Crippen LogP contribution in [0.1, 0.15) is 11.1 Å². The fourth-order valence-electron chi connectivity index (χ4n) is 2.62. The molecule has 2 rings (SSSR count). The van der Waals surface area contributed by atoms with Gasteiger partial charge in [-0.25, -0.2) is 13.1 Å². The lowest BCUT2D eigenvalue weighted by molar-refractivity contribution is -0.128. The molecule has 0 aliphatic carbocycles. The molecule has 154 valence electrons. The summed E-state index contributed by atoms with van der Waals surface area (Å²) < 4.78 is 37.5. The lowest BCUT2D eigenvalue weighted by atomic mass is 10.1. The van der Waals surface area contributed by atoms with Crippen LogP contribution in [0.25, 0.3) is 0 Å². The molecule has 29 heavy (non-hydrogen) atoms. The van der Waals surface area contributed by atoms with Crippen LogP contribution in [-0.2, 0) is 21.2 Å². The van der Waals surface area contributed by atoms with E-state index in [0.717, 1.165) is 5.56 Å². The van der Waals surface area contributed by atoms with Crippen molar-refractivity contribution in [1.82, 2.24) is 9.62 Å². The Morgan fingerprint density at radius 1 is 1.14 bits per heavy atom. The van der Waals surface area contributed by atoms with Crippen LogP contribution in [0, 0.1) is 11.3 Å². The highest BCUT2D eigenvalue weighted by Gasteiger charge is 2.20. The third kappa shape index (κ3) is 5.70. The summed E-state index contributed by atoms with van der Waals surface area (Å²) in [5.74, 6) is 0.833. The normalized spacial score (nSPS) is 10.8. The highest BCUT2D eigenvalue weighted by molar-refractivity contribution is 7.89. The summed E-state index contributed by atoms with van der Waals surface area (Å²) in [5, 5.41) is 9.06. The number of hydrogen-bond donors (Lipinski definition) is 1. The van der Waals surface area contributed by atoms with E-state index in [1.807, 2.05) is 18.2 Å². The number of amides is 1. The molecular weight excluding hydrogens is 394 g/mol. The molecule has 0 aliphatic rings. The molecule has 0 aliphatic heterocycles. The summed E-state index contributed by atoms with van der Waals surface area (Å²) in [6, 6.07) is 13.2. The van der Waals surface area contributed by atoms with Gasteiger partial charge in [0.25, 0.3) is 0 Å². The molecule has 0 saturated heterocycles. The molecule has 9 heteroatoms. The standard InChI is InChI=1S/C20H23N3O5S/c1-23(11-10-15-8-9-17(27-2)18(12-15)28-3)20(24)14-22-29(25,26)19-7-5-4-6-16(19)13-21/h4-9,12,22H,10-11,14H2,1-3H3. The van der Waals surface area contributed by atoms with Gasteiger partial charge in [-0.2, -0.15) is 5.26 Å². The molecule has 0 spiro atoms. The van der Waals surface area contributed by atoms with Gasteiger partial charge in [0.05, 0.1) is 31.2 Å². The van der Waals surface area contributed by atoms with Crippen molar-refractivity contribution < 1.29 is 22.7 Å². The molecule has 0 saturated carbocycles. The molecule has 0 atom stereocenters. The van der Waals surface area contributed by atoms with Crippen LogP contribution < -0.4 is 14.2 Å². The number of methoxy groups -OCH3 is 2. The van der Waals surface area contributed by atoms with Crippen LogP contribution in [0.2, 0.25) is 0 Å². The zero-order valence-electron chi connectivity index (χ0n) is 16.5. The van der Waals surface area contributed by atoms with Gasteiger partial charge in [0, 0.05) is 13.6 Å². The summed E-state index contributed by atoms with van der Waals surface area (Å²) in [6.07, 6.45) is 0.562. The number of nitrogens with zero attached hydrogens (tertiary/aromatic N) is 2. The van der Waals surface area contributed by atoms with Gasteiger partial charge in [0.2, 0.25) is 15.9 Å². The summed E-state index contributed by atoms with van der Waals surface area (Å²) in [4.78, 5) is 13.6. The van der Waals surface area contributed by atoms with Crippen molar-refractivity contribution in [2.45, 2.75) is 11.3 Å². The van der Waals surface area contributed by atoms with Crippen molar-refractivity contribution in [3.8, 4) is 17.6 Å². The fraction of sp³-hybridized carbons (Fsp3) is 0.300. The minimum Gasteiger partial charge on any atom is -0.493 e. The first-order chi connectivity index (χ1) is 13.8. The zero-order valence-corrected chi connectivity index (χ0v) is 17.3. The van der Waals surface area contributed by atoms with Crippen molar-refractivity contribution in [2.24, 2.45) is 0 Å². The Kier molecular flexibility index (Phi) is 7.59. The maximum atomic E-state index is 12.4. The van der Waals surface area contributed by atoms with Crippen LogP contribution in [0.15, 0.2) is 47.4 Å². The minimum absolute atomic E-state index is 0.0225. The van der Waals surface area contributed by atoms with Gasteiger partial charge in [-0.1, -0.05) is 18.2 Å². The summed E-state index contributed by atoms with van der Waals surface area (Å²) >= 11 is 0. The van der Waals surface area contributed by atoms with E-state index in [0.29, 0.717) is 24.5 Å². The van der Waals surface area contributed by atoms with Crippen molar-refractivity contribution >= 4 is 15.9 Å². The Balaban J connectivity index is 1.95. The third-order valence-corrected chi connectivity index (χ3v) is 5.78. The molecule has 8 nitrogen and oxygen atoms in total. The maximum absolute atomic E-state index is 12.4. The second-order valence-electron chi connectivity index (χ2n) is 6.19. The van der Waals surface area contributed by atoms with Crippen molar-refractivity contribution in [3.63, 3.8) is 0 Å². The van der Waals surface area contributed by atoms with Gasteiger partial charge in [-0.3, -0.25) is 4.79 Å². The second kappa shape index (κ2) is 9.91. The Labute approximate surface area is 170 Å². The molecule has 1 amide bonds. The van der Waals surface area contributed by atoms with Gasteiger partial charge < -0.3 is 14.4 Å². The number of likely N-dealkylation sites (N-methyl/N-ethyl adjacent to an activating group) is 1. The van der Waals surface area contributed by atoms with Gasteiger partial charge >= 0.3 is 0 Å². The number of rotatable bonds is 9. The van der Waals surface area contributed by atoms with E-state index in [2.05, 4.69) is 4.72 Å². The monoisotopic (exact) mass is 417 g/mol. The summed E-state index contributed by atoms with van der Waals surface area (Å²) in [6.45, 7) is -0.00461. The number of ether oxygens (including phenoxy) is 2. The number of carbonyl (C=O) groups is 1. The molecule has 2 aromatic carbocycles. The number of sulfonamides is 1. The number of carbonyl (C=O) groups excluding carboxylic acids is 1. The average molecular weight is 417 g/mol. The van der Waals surface area contributed by atoms with E-state index in [9.17, 15) is 13.2 Å². The van der Waals surface area contributed by atoms with Crippen molar-refractivity contribution in [1.29, 1.82) is 5.26 Å². The molecular formula is C20H23N3O5S. The van der Waals surface area contributed by atoms with E-state index in [1.54, 1.807) is 33.4 Å². The first-order valence-electron chi connectivity index (χ1n) is 8.76. The van der Waals surface area contributed by atoms with Gasteiger partial charge in [-0.15, -0.1) is 0 Å². The Morgan fingerprint density at radius 3 is 2.48 bits per heavy atom. The molecule has 0 bridgehead atoms. The number of nitriles is 1. The zero-order chi connectivity index (χ0) is 21.4. The largest absolute Gasteiger partial charge is 0.493 e.